The first-order valence-corrected chi connectivity index (χ1v) is 19.4. The minimum atomic E-state index is -0.0197. The maximum atomic E-state index is 9.82. The first-order chi connectivity index (χ1) is 27.8. The molecule has 0 aliphatic rings. The summed E-state index contributed by atoms with van der Waals surface area (Å²) < 4.78 is 53.2. The average Bonchev–Trinajstić information content (AvgIpc) is 3.22. The number of rotatable bonds is 39. The molecule has 59 heavy (non-hydrogen) atoms. The molecular formula is C38H76KN5O15. The minimum Gasteiger partial charge on any atom is -0.870 e. The molecule has 344 valence electrons. The predicted molar refractivity (Wildman–Crippen MR) is 216 cm³/mol. The van der Waals surface area contributed by atoms with Crippen LogP contribution in [0.25, 0.3) is 0 Å². The topological polar surface area (TPSA) is 297 Å². The van der Waals surface area contributed by atoms with E-state index in [-0.39, 0.29) is 88.4 Å². The standard InChI is InChI=1S/C15H26N2O6.C13H30N2O4.C7H16O4.C3H3N.K.H2O/c1-15(23-11-10-21-7-3-5-17-14-19)12-22-9-8-20-6-2-4-16-13-18;1-13(19-11-10-17-7-3-5-15)12-18-9-8-16-6-2-4-14;1-7(11-5-3-9)6-10-4-2-8;1-2-3-4;;/h15H,2-12H2,1H3;13H,2-12,14-15H2,1H3;7-9H,2-6H2,1H3;2H,1H2;;1H2/q;;;;+1;/p-1. The van der Waals surface area contributed by atoms with Crippen LogP contribution in [0.5, 0.6) is 0 Å². The van der Waals surface area contributed by atoms with E-state index < -0.39 is 0 Å². The van der Waals surface area contributed by atoms with Gasteiger partial charge < -0.3 is 74.5 Å². The van der Waals surface area contributed by atoms with Crippen LogP contribution >= 0.6 is 0 Å². The van der Waals surface area contributed by atoms with Gasteiger partial charge in [0.05, 0.1) is 137 Å². The Morgan fingerprint density at radius 3 is 1.19 bits per heavy atom. The minimum absolute atomic E-state index is 0. The van der Waals surface area contributed by atoms with Crippen LogP contribution in [0.1, 0.15) is 46.5 Å². The summed E-state index contributed by atoms with van der Waals surface area (Å²) in [6.45, 7) is 20.3. The summed E-state index contributed by atoms with van der Waals surface area (Å²) in [5.74, 6) is 0. The van der Waals surface area contributed by atoms with Crippen molar-refractivity contribution in [1.82, 2.24) is 0 Å². The molecule has 0 aromatic carbocycles. The number of aliphatic hydroxyl groups excluding tert-OH is 2. The van der Waals surface area contributed by atoms with Crippen molar-refractivity contribution in [1.29, 1.82) is 5.26 Å². The van der Waals surface area contributed by atoms with Gasteiger partial charge in [-0.2, -0.15) is 5.26 Å². The van der Waals surface area contributed by atoms with Crippen molar-refractivity contribution in [2.24, 2.45) is 21.5 Å². The van der Waals surface area contributed by atoms with Gasteiger partial charge in [-0.1, -0.05) is 6.58 Å². The number of isocyanates is 2. The van der Waals surface area contributed by atoms with Crippen LogP contribution in [0.2, 0.25) is 0 Å². The molecule has 0 heterocycles. The van der Waals surface area contributed by atoms with Crippen molar-refractivity contribution in [3.63, 3.8) is 0 Å². The summed E-state index contributed by atoms with van der Waals surface area (Å²) in [5.41, 5.74) is 10.7. The SMILES string of the molecule is C=CC#N.CC(COCCO)OCCO.CC(COCCOCCCN)OCCOCCCN.CC(COCCOCCCN=C=O)OCCOCCCN=C=O.[K+].[OH-]. The van der Waals surface area contributed by atoms with E-state index >= 15 is 0 Å². The second kappa shape index (κ2) is 68.7. The zero-order chi connectivity index (χ0) is 43.1. The van der Waals surface area contributed by atoms with Crippen LogP contribution in [0, 0.1) is 11.3 Å². The van der Waals surface area contributed by atoms with Crippen LogP contribution in [0.15, 0.2) is 22.6 Å². The summed E-state index contributed by atoms with van der Waals surface area (Å²) in [7, 11) is 0. The van der Waals surface area contributed by atoms with Crippen molar-refractivity contribution in [3.05, 3.63) is 12.7 Å². The fourth-order valence-corrected chi connectivity index (χ4v) is 3.42. The molecule has 20 nitrogen and oxygen atoms in total. The van der Waals surface area contributed by atoms with Crippen molar-refractivity contribution >= 4 is 12.2 Å². The van der Waals surface area contributed by atoms with Gasteiger partial charge in [0.15, 0.2) is 0 Å². The molecular weight excluding hydrogens is 806 g/mol. The van der Waals surface area contributed by atoms with Crippen molar-refractivity contribution in [3.8, 4) is 6.07 Å². The Kier molecular flexibility index (Phi) is 81.2. The third-order valence-corrected chi connectivity index (χ3v) is 6.11. The van der Waals surface area contributed by atoms with E-state index in [0.717, 1.165) is 12.8 Å². The van der Waals surface area contributed by atoms with Gasteiger partial charge in [-0.25, -0.2) is 19.6 Å². The molecule has 0 radical (unpaired) electrons. The second-order valence-corrected chi connectivity index (χ2v) is 11.4. The zero-order valence-electron chi connectivity index (χ0n) is 36.3. The number of hydrogen-bond donors (Lipinski definition) is 4. The molecule has 0 aromatic rings. The molecule has 3 unspecified atom stereocenters. The average molecular weight is 882 g/mol. The van der Waals surface area contributed by atoms with Gasteiger partial charge in [0, 0.05) is 32.5 Å². The maximum absolute atomic E-state index is 9.82. The fourth-order valence-electron chi connectivity index (χ4n) is 3.42. The number of ether oxygens (including phenoxy) is 10. The monoisotopic (exact) mass is 881 g/mol. The number of aliphatic hydroxyl groups is 2. The van der Waals surface area contributed by atoms with Crippen molar-refractivity contribution < 1.29 is 124 Å². The van der Waals surface area contributed by atoms with Crippen LogP contribution in [-0.4, -0.2) is 198 Å². The quantitative estimate of drug-likeness (QED) is 0.0170. The first-order valence-electron chi connectivity index (χ1n) is 19.4. The predicted octanol–water partition coefficient (Wildman–Crippen LogP) is -2.05. The Bertz CT molecular complexity index is 919. The molecule has 3 atom stereocenters. The largest absolute Gasteiger partial charge is 1.00 e. The molecule has 0 rings (SSSR count). The van der Waals surface area contributed by atoms with E-state index in [9.17, 15) is 9.59 Å². The molecule has 0 saturated carbocycles. The third kappa shape index (κ3) is 78.1. The summed E-state index contributed by atoms with van der Waals surface area (Å²) in [5, 5.41) is 24.2. The molecule has 0 aliphatic carbocycles. The summed E-state index contributed by atoms with van der Waals surface area (Å²) >= 11 is 0. The van der Waals surface area contributed by atoms with Gasteiger partial charge in [0.1, 0.15) is 0 Å². The van der Waals surface area contributed by atoms with E-state index in [2.05, 4.69) is 16.6 Å². The van der Waals surface area contributed by atoms with Gasteiger partial charge in [0.2, 0.25) is 12.2 Å². The summed E-state index contributed by atoms with van der Waals surface area (Å²) in [6.07, 6.45) is 7.37. The first kappa shape index (κ1) is 69.7. The number of allylic oxidation sites excluding steroid dienone is 1. The smallest absolute Gasteiger partial charge is 0.870 e. The fraction of sp³-hybridized carbons (Fsp3) is 0.868. The van der Waals surface area contributed by atoms with Gasteiger partial charge in [-0.15, -0.1) is 0 Å². The van der Waals surface area contributed by atoms with Crippen LogP contribution < -0.4 is 62.9 Å². The van der Waals surface area contributed by atoms with Crippen molar-refractivity contribution in [2.45, 2.75) is 64.8 Å². The molecule has 0 bridgehead atoms. The molecule has 0 fully saturated rings. The van der Waals surface area contributed by atoms with Gasteiger partial charge in [-0.3, -0.25) is 0 Å². The van der Waals surface area contributed by atoms with Crippen LogP contribution in [0.3, 0.4) is 0 Å². The molecule has 0 aliphatic heterocycles. The van der Waals surface area contributed by atoms with Gasteiger partial charge in [0.25, 0.3) is 0 Å². The Morgan fingerprint density at radius 1 is 0.559 bits per heavy atom. The third-order valence-electron chi connectivity index (χ3n) is 6.11. The Morgan fingerprint density at radius 2 is 0.864 bits per heavy atom. The van der Waals surface area contributed by atoms with Crippen LogP contribution in [-0.2, 0) is 57.0 Å². The molecule has 7 N–H and O–H groups in total. The van der Waals surface area contributed by atoms with E-state index in [4.69, 9.17) is 74.3 Å². The van der Waals surface area contributed by atoms with Crippen LogP contribution in [0.4, 0.5) is 0 Å². The van der Waals surface area contributed by atoms with E-state index in [1.807, 2.05) is 20.8 Å². The Balaban J connectivity index is -0.000000175. The number of aliphatic imine (C=N–C) groups is 2. The van der Waals surface area contributed by atoms with Gasteiger partial charge in [-0.05, 0) is 59.5 Å². The van der Waals surface area contributed by atoms with Crippen molar-refractivity contribution in [2.75, 3.05) is 152 Å². The summed E-state index contributed by atoms with van der Waals surface area (Å²) in [4.78, 5) is 26.5. The molecule has 0 saturated heterocycles. The molecule has 21 heteroatoms. The molecule has 0 amide bonds. The van der Waals surface area contributed by atoms with E-state index in [0.29, 0.717) is 151 Å². The second-order valence-electron chi connectivity index (χ2n) is 11.4. The number of nitrogens with two attached hydrogens (primary N) is 2. The normalized spacial score (nSPS) is 11.4. The number of nitriles is 1. The Hall–Kier alpha value is -0.974. The zero-order valence-corrected chi connectivity index (χ0v) is 39.5. The summed E-state index contributed by atoms with van der Waals surface area (Å²) in [6, 6.07) is 1.69. The van der Waals surface area contributed by atoms with E-state index in [1.54, 1.807) is 6.07 Å². The maximum Gasteiger partial charge on any atom is 1.00 e. The van der Waals surface area contributed by atoms with E-state index in [1.165, 1.54) is 18.2 Å². The Labute approximate surface area is 395 Å². The number of nitrogens with zero attached hydrogens (tertiary/aromatic N) is 3. The molecule has 0 aromatic heterocycles. The molecule has 0 spiro atoms. The van der Waals surface area contributed by atoms with Gasteiger partial charge >= 0.3 is 51.4 Å². The number of hydrogen-bond acceptors (Lipinski definition) is 20. The number of carbonyl (C=O) groups excluding carboxylic acids is 2.